The SMILES string of the molecule is COc1ccc2c3c1O[C@H]1[C@@H](O)C=C[C@H]4[C@@H](C2)N(C)CC[C@@]341.O=PO. The highest BCUT2D eigenvalue weighted by molar-refractivity contribution is 7.16. The molecule has 1 saturated heterocycles. The predicted molar refractivity (Wildman–Crippen MR) is 92.3 cm³/mol. The number of rotatable bonds is 1. The second-order valence-electron chi connectivity index (χ2n) is 7.19. The molecule has 5 atom stereocenters. The van der Waals surface area contributed by atoms with Crippen LogP contribution in [-0.4, -0.2) is 53.9 Å². The van der Waals surface area contributed by atoms with Gasteiger partial charge in [0.2, 0.25) is 0 Å². The minimum atomic E-state index is -0.833. The Bertz CT molecular complexity index is 738. The Hall–Kier alpha value is -1.46. The number of hydrogen-bond acceptors (Lipinski definition) is 5. The van der Waals surface area contributed by atoms with Crippen LogP contribution in [-0.2, 0) is 16.4 Å². The molecule has 2 bridgehead atoms. The standard InChI is InChI=1S/C18H21NO3.HO2P/c1-19-8-7-18-11-4-5-13(20)17(18)22-16-14(21-2)6-3-10(15(16)18)9-12(11)19;1-3-2/h3-6,11-13,17,20H,7-9H2,1-2H3;(H,1,2)/t11-,12+,13-,17-,18-;/m0./s1. The summed E-state index contributed by atoms with van der Waals surface area (Å²) in [7, 11) is 3.07. The Morgan fingerprint density at radius 2 is 2.16 bits per heavy atom. The Kier molecular flexibility index (Phi) is 4.12. The molecule has 25 heavy (non-hydrogen) atoms. The van der Waals surface area contributed by atoms with E-state index in [9.17, 15) is 5.11 Å². The Labute approximate surface area is 148 Å². The van der Waals surface area contributed by atoms with E-state index in [0.717, 1.165) is 30.9 Å². The molecule has 1 aromatic rings. The third kappa shape index (κ3) is 2.15. The van der Waals surface area contributed by atoms with Gasteiger partial charge in [0.15, 0.2) is 11.5 Å². The number of aliphatic hydroxyl groups is 1. The van der Waals surface area contributed by atoms with E-state index in [1.807, 2.05) is 12.1 Å². The van der Waals surface area contributed by atoms with Gasteiger partial charge in [-0.1, -0.05) is 18.2 Å². The minimum Gasteiger partial charge on any atom is -0.493 e. The number of piperidine rings is 1. The molecular weight excluding hydrogens is 341 g/mol. The van der Waals surface area contributed by atoms with Crippen LogP contribution in [0.2, 0.25) is 0 Å². The maximum absolute atomic E-state index is 10.6. The first-order valence-electron chi connectivity index (χ1n) is 8.48. The zero-order valence-electron chi connectivity index (χ0n) is 14.3. The molecule has 1 aromatic carbocycles. The van der Waals surface area contributed by atoms with E-state index in [2.05, 4.69) is 24.1 Å². The lowest BCUT2D eigenvalue weighted by Gasteiger charge is -2.56. The van der Waals surface area contributed by atoms with Gasteiger partial charge in [-0.2, -0.15) is 0 Å². The summed E-state index contributed by atoms with van der Waals surface area (Å²) in [5.74, 6) is 2.09. The van der Waals surface area contributed by atoms with Crippen LogP contribution in [0.4, 0.5) is 0 Å². The van der Waals surface area contributed by atoms with Crippen LogP contribution in [0.15, 0.2) is 24.3 Å². The second-order valence-corrected chi connectivity index (χ2v) is 7.36. The Morgan fingerprint density at radius 1 is 1.40 bits per heavy atom. The van der Waals surface area contributed by atoms with Crippen LogP contribution in [0, 0.1) is 5.92 Å². The summed E-state index contributed by atoms with van der Waals surface area (Å²) in [6.45, 7) is 1.05. The van der Waals surface area contributed by atoms with Gasteiger partial charge < -0.3 is 24.4 Å². The second kappa shape index (κ2) is 6.06. The highest BCUT2D eigenvalue weighted by atomic mass is 31.1. The summed E-state index contributed by atoms with van der Waals surface area (Å²) in [6.07, 6.45) is 5.54. The maximum atomic E-state index is 10.6. The lowest BCUT2D eigenvalue weighted by Crippen LogP contribution is -2.64. The maximum Gasteiger partial charge on any atom is 0.324 e. The topological polar surface area (TPSA) is 79.2 Å². The number of likely N-dealkylation sites (tertiary alicyclic amines) is 1. The van der Waals surface area contributed by atoms with Gasteiger partial charge >= 0.3 is 8.69 Å². The van der Waals surface area contributed by atoms with Crippen LogP contribution in [0.25, 0.3) is 0 Å². The van der Waals surface area contributed by atoms with Crippen molar-refractivity contribution >= 4 is 8.69 Å². The number of hydrogen-bond donors (Lipinski definition) is 2. The predicted octanol–water partition coefficient (Wildman–Crippen LogP) is 1.69. The molecule has 0 amide bonds. The van der Waals surface area contributed by atoms with Crippen molar-refractivity contribution in [2.75, 3.05) is 20.7 Å². The van der Waals surface area contributed by atoms with Gasteiger partial charge in [0.25, 0.3) is 0 Å². The number of methoxy groups -OCH3 is 1. The first-order chi connectivity index (χ1) is 12.1. The largest absolute Gasteiger partial charge is 0.493 e. The highest BCUT2D eigenvalue weighted by Crippen LogP contribution is 2.62. The number of aliphatic hydroxyl groups excluding tert-OH is 1. The average Bonchev–Trinajstić information content (AvgIpc) is 2.96. The lowest BCUT2D eigenvalue weighted by molar-refractivity contribution is -0.0453. The molecule has 7 heteroatoms. The van der Waals surface area contributed by atoms with Crippen molar-refractivity contribution in [2.45, 2.75) is 36.5 Å². The Balaban J connectivity index is 0.000000490. The molecule has 1 spiro atoms. The van der Waals surface area contributed by atoms with Gasteiger partial charge in [-0.3, -0.25) is 0 Å². The van der Waals surface area contributed by atoms with Crippen molar-refractivity contribution in [3.8, 4) is 11.5 Å². The fourth-order valence-corrected chi connectivity index (χ4v) is 5.39. The molecule has 2 N–H and O–H groups in total. The van der Waals surface area contributed by atoms with Crippen molar-refractivity contribution in [1.82, 2.24) is 4.90 Å². The Morgan fingerprint density at radius 3 is 2.88 bits per heavy atom. The zero-order chi connectivity index (χ0) is 17.8. The van der Waals surface area contributed by atoms with Crippen LogP contribution in [0.5, 0.6) is 11.5 Å². The first kappa shape index (κ1) is 17.0. The summed E-state index contributed by atoms with van der Waals surface area (Å²) >= 11 is 0. The number of ether oxygens (including phenoxy) is 2. The monoisotopic (exact) mass is 363 g/mol. The van der Waals surface area contributed by atoms with Gasteiger partial charge in [0.05, 0.1) is 7.11 Å². The van der Waals surface area contributed by atoms with E-state index in [1.165, 1.54) is 11.1 Å². The van der Waals surface area contributed by atoms with E-state index in [-0.39, 0.29) is 11.5 Å². The normalized spacial score (nSPS) is 37.0. The van der Waals surface area contributed by atoms with E-state index < -0.39 is 14.8 Å². The summed E-state index contributed by atoms with van der Waals surface area (Å²) in [5.41, 5.74) is 2.60. The van der Waals surface area contributed by atoms with Crippen molar-refractivity contribution in [2.24, 2.45) is 5.92 Å². The van der Waals surface area contributed by atoms with Crippen molar-refractivity contribution in [3.63, 3.8) is 0 Å². The van der Waals surface area contributed by atoms with E-state index in [1.54, 1.807) is 7.11 Å². The molecule has 0 unspecified atom stereocenters. The molecule has 0 aromatic heterocycles. The van der Waals surface area contributed by atoms with Crippen LogP contribution in [0.1, 0.15) is 17.5 Å². The summed E-state index contributed by atoms with van der Waals surface area (Å²) in [6, 6.07) is 4.70. The molecule has 6 nitrogen and oxygen atoms in total. The average molecular weight is 363 g/mol. The molecule has 1 fully saturated rings. The summed E-state index contributed by atoms with van der Waals surface area (Å²) in [5, 5.41) is 10.6. The lowest BCUT2D eigenvalue weighted by atomic mass is 9.53. The van der Waals surface area contributed by atoms with Crippen molar-refractivity contribution in [1.29, 1.82) is 0 Å². The smallest absolute Gasteiger partial charge is 0.324 e. The van der Waals surface area contributed by atoms with E-state index >= 15 is 0 Å². The molecule has 4 aliphatic rings. The molecule has 0 saturated carbocycles. The summed E-state index contributed by atoms with van der Waals surface area (Å²) in [4.78, 5) is 9.46. The first-order valence-corrected chi connectivity index (χ1v) is 9.25. The van der Waals surface area contributed by atoms with Gasteiger partial charge in [0, 0.05) is 22.9 Å². The van der Waals surface area contributed by atoms with E-state index in [0.29, 0.717) is 12.0 Å². The minimum absolute atomic E-state index is 0.0806. The van der Waals surface area contributed by atoms with E-state index in [4.69, 9.17) is 18.9 Å². The summed E-state index contributed by atoms with van der Waals surface area (Å²) < 4.78 is 20.3. The molecule has 0 radical (unpaired) electrons. The third-order valence-corrected chi connectivity index (χ3v) is 6.35. The van der Waals surface area contributed by atoms with Gasteiger partial charge in [-0.05, 0) is 38.1 Å². The molecule has 2 aliphatic heterocycles. The number of benzene rings is 1. The zero-order valence-corrected chi connectivity index (χ0v) is 15.1. The van der Waals surface area contributed by atoms with Crippen LogP contribution >= 0.6 is 8.69 Å². The highest BCUT2D eigenvalue weighted by Gasteiger charge is 2.64. The fraction of sp³-hybridized carbons (Fsp3) is 0.556. The number of nitrogens with zero attached hydrogens (tertiary/aromatic N) is 1. The quantitative estimate of drug-likeness (QED) is 0.584. The third-order valence-electron chi connectivity index (χ3n) is 6.35. The van der Waals surface area contributed by atoms with Gasteiger partial charge in [0.1, 0.15) is 12.2 Å². The molecule has 2 heterocycles. The molecular formula is C18H22NO5P. The fourth-order valence-electron chi connectivity index (χ4n) is 5.39. The molecule has 5 rings (SSSR count). The van der Waals surface area contributed by atoms with Crippen molar-refractivity contribution in [3.05, 3.63) is 35.4 Å². The molecule has 2 aliphatic carbocycles. The molecule has 134 valence electrons. The van der Waals surface area contributed by atoms with Gasteiger partial charge in [-0.15, -0.1) is 0 Å². The number of likely N-dealkylation sites (N-methyl/N-ethyl adjacent to an activating group) is 1. The van der Waals surface area contributed by atoms with Crippen LogP contribution in [0.3, 0.4) is 0 Å². The van der Waals surface area contributed by atoms with Crippen molar-refractivity contribution < 1.29 is 24.0 Å². The van der Waals surface area contributed by atoms with Crippen LogP contribution < -0.4 is 9.47 Å². The van der Waals surface area contributed by atoms with Gasteiger partial charge in [-0.25, -0.2) is 4.57 Å².